The molecular weight excluding hydrogens is 501 g/mol. The van der Waals surface area contributed by atoms with Crippen molar-refractivity contribution >= 4 is 41.3 Å². The van der Waals surface area contributed by atoms with Gasteiger partial charge in [0.05, 0.1) is 17.8 Å². The van der Waals surface area contributed by atoms with E-state index >= 15 is 0 Å². The first-order chi connectivity index (χ1) is 13.7. The molecule has 0 aliphatic rings. The molecule has 156 valence electrons. The molecule has 29 heavy (non-hydrogen) atoms. The highest BCUT2D eigenvalue weighted by atomic mass is 127. The third-order valence-electron chi connectivity index (χ3n) is 3.95. The number of aromatic amines is 1. The van der Waals surface area contributed by atoms with E-state index in [-0.39, 0.29) is 24.0 Å². The molecular formula is C19H26IN7OS. The number of aryl methyl sites for hydroxylation is 1. The van der Waals surface area contributed by atoms with E-state index in [0.29, 0.717) is 18.2 Å². The molecule has 8 nitrogen and oxygen atoms in total. The highest BCUT2D eigenvalue weighted by Gasteiger charge is 2.07. The Labute approximate surface area is 191 Å². The van der Waals surface area contributed by atoms with Gasteiger partial charge in [-0.15, -0.1) is 35.3 Å². The van der Waals surface area contributed by atoms with Crippen LogP contribution in [0.25, 0.3) is 11.4 Å². The average molecular weight is 527 g/mol. The minimum absolute atomic E-state index is 0. The van der Waals surface area contributed by atoms with Gasteiger partial charge in [-0.1, -0.05) is 0 Å². The number of nitrogens with one attached hydrogen (secondary N) is 3. The fourth-order valence-corrected chi connectivity index (χ4v) is 3.21. The van der Waals surface area contributed by atoms with Crippen molar-refractivity contribution in [2.45, 2.75) is 26.8 Å². The van der Waals surface area contributed by atoms with Crippen LogP contribution in [0.1, 0.15) is 23.4 Å². The second-order valence-corrected chi connectivity index (χ2v) is 7.13. The first-order valence-electron chi connectivity index (χ1n) is 9.17. The normalized spacial score (nSPS) is 11.1. The van der Waals surface area contributed by atoms with Crippen molar-refractivity contribution in [3.63, 3.8) is 0 Å². The molecule has 10 heteroatoms. The quantitative estimate of drug-likeness (QED) is 0.237. The third kappa shape index (κ3) is 6.96. The van der Waals surface area contributed by atoms with Crippen LogP contribution < -0.4 is 15.4 Å². The van der Waals surface area contributed by atoms with Crippen molar-refractivity contribution in [1.29, 1.82) is 0 Å². The maximum absolute atomic E-state index is 5.18. The number of aromatic nitrogens is 4. The maximum atomic E-state index is 5.18. The van der Waals surface area contributed by atoms with E-state index in [2.05, 4.69) is 41.2 Å². The average Bonchev–Trinajstić information content (AvgIpc) is 3.35. The lowest BCUT2D eigenvalue weighted by atomic mass is 10.2. The van der Waals surface area contributed by atoms with Crippen LogP contribution in [-0.2, 0) is 13.0 Å². The van der Waals surface area contributed by atoms with Gasteiger partial charge >= 0.3 is 0 Å². The summed E-state index contributed by atoms with van der Waals surface area (Å²) in [6, 6.07) is 7.64. The number of hydrogen-bond donors (Lipinski definition) is 3. The zero-order valence-electron chi connectivity index (χ0n) is 16.7. The van der Waals surface area contributed by atoms with E-state index in [1.54, 1.807) is 18.4 Å². The van der Waals surface area contributed by atoms with E-state index in [0.717, 1.165) is 47.5 Å². The van der Waals surface area contributed by atoms with Crippen LogP contribution in [0.5, 0.6) is 5.75 Å². The van der Waals surface area contributed by atoms with Gasteiger partial charge < -0.3 is 15.4 Å². The third-order valence-corrected chi connectivity index (χ3v) is 4.77. The summed E-state index contributed by atoms with van der Waals surface area (Å²) in [4.78, 5) is 13.6. The van der Waals surface area contributed by atoms with Gasteiger partial charge in [-0.05, 0) is 38.1 Å². The number of halogens is 1. The predicted molar refractivity (Wildman–Crippen MR) is 127 cm³/mol. The lowest BCUT2D eigenvalue weighted by Gasteiger charge is -2.10. The number of nitrogens with zero attached hydrogens (tertiary/aromatic N) is 4. The van der Waals surface area contributed by atoms with E-state index in [1.165, 1.54) is 0 Å². The molecule has 2 heterocycles. The second kappa shape index (κ2) is 11.7. The van der Waals surface area contributed by atoms with E-state index in [9.17, 15) is 0 Å². The number of hydrogen-bond acceptors (Lipinski definition) is 6. The zero-order chi connectivity index (χ0) is 19.8. The molecule has 3 N–H and O–H groups in total. The SMILES string of the molecule is CCNC(=NCc1nc(-c2ccc(OC)cc2)n[nH]1)NCCc1csc(C)n1.I. The van der Waals surface area contributed by atoms with E-state index < -0.39 is 0 Å². The summed E-state index contributed by atoms with van der Waals surface area (Å²) in [6.07, 6.45) is 0.860. The molecule has 0 unspecified atom stereocenters. The highest BCUT2D eigenvalue weighted by Crippen LogP contribution is 2.19. The largest absolute Gasteiger partial charge is 0.497 e. The Morgan fingerprint density at radius 3 is 2.66 bits per heavy atom. The maximum Gasteiger partial charge on any atom is 0.191 e. The molecule has 0 amide bonds. The van der Waals surface area contributed by atoms with Crippen LogP contribution in [0.15, 0.2) is 34.6 Å². The molecule has 3 rings (SSSR count). The van der Waals surface area contributed by atoms with Crippen LogP contribution in [0.2, 0.25) is 0 Å². The summed E-state index contributed by atoms with van der Waals surface area (Å²) in [7, 11) is 1.64. The minimum atomic E-state index is 0. The van der Waals surface area contributed by atoms with Crippen LogP contribution in [0.3, 0.4) is 0 Å². The molecule has 0 aliphatic heterocycles. The van der Waals surface area contributed by atoms with Crippen molar-refractivity contribution in [3.05, 3.63) is 46.2 Å². The van der Waals surface area contributed by atoms with Crippen LogP contribution in [-0.4, -0.2) is 46.3 Å². The van der Waals surface area contributed by atoms with Crippen LogP contribution >= 0.6 is 35.3 Å². The summed E-state index contributed by atoms with van der Waals surface area (Å²) in [6.45, 7) is 6.02. The summed E-state index contributed by atoms with van der Waals surface area (Å²) < 4.78 is 5.18. The van der Waals surface area contributed by atoms with Gasteiger partial charge in [0.25, 0.3) is 0 Å². The van der Waals surface area contributed by atoms with Crippen molar-refractivity contribution in [2.75, 3.05) is 20.2 Å². The Balaban J connectivity index is 0.00000300. The standard InChI is InChI=1S/C19H25N7OS.HI/c1-4-20-19(21-10-9-15-12-28-13(2)23-15)22-11-17-24-18(26-25-17)14-5-7-16(27-3)8-6-14;/h5-8,12H,4,9-11H2,1-3H3,(H2,20,21,22)(H,24,25,26);1H. The molecule has 0 fully saturated rings. The number of methoxy groups -OCH3 is 1. The Kier molecular flexibility index (Phi) is 9.32. The predicted octanol–water partition coefficient (Wildman–Crippen LogP) is 3.16. The topological polar surface area (TPSA) is 100 Å². The van der Waals surface area contributed by atoms with Gasteiger partial charge in [-0.3, -0.25) is 5.10 Å². The molecule has 0 radical (unpaired) electrons. The smallest absolute Gasteiger partial charge is 0.191 e. The summed E-state index contributed by atoms with van der Waals surface area (Å²) in [5.41, 5.74) is 2.03. The van der Waals surface area contributed by atoms with E-state index in [1.807, 2.05) is 38.1 Å². The first kappa shape index (κ1) is 23.1. The number of rotatable bonds is 8. The molecule has 0 saturated carbocycles. The zero-order valence-corrected chi connectivity index (χ0v) is 19.9. The lowest BCUT2D eigenvalue weighted by Crippen LogP contribution is -2.38. The van der Waals surface area contributed by atoms with Gasteiger partial charge in [-0.2, -0.15) is 5.10 Å². The van der Waals surface area contributed by atoms with Gasteiger partial charge in [0.1, 0.15) is 18.1 Å². The fourth-order valence-electron chi connectivity index (χ4n) is 2.56. The number of ether oxygens (including phenoxy) is 1. The van der Waals surface area contributed by atoms with Crippen LogP contribution in [0.4, 0.5) is 0 Å². The van der Waals surface area contributed by atoms with Gasteiger partial charge in [0, 0.05) is 30.5 Å². The summed E-state index contributed by atoms with van der Waals surface area (Å²) >= 11 is 1.67. The van der Waals surface area contributed by atoms with Gasteiger partial charge in [0.15, 0.2) is 11.8 Å². The number of aliphatic imine (C=N–C) groups is 1. The molecule has 1 aromatic carbocycles. The molecule has 0 aliphatic carbocycles. The summed E-state index contributed by atoms with van der Waals surface area (Å²) in [5, 5.41) is 17.0. The van der Waals surface area contributed by atoms with Crippen molar-refractivity contribution in [3.8, 4) is 17.1 Å². The molecule has 3 aromatic rings. The van der Waals surface area contributed by atoms with E-state index in [4.69, 9.17) is 4.74 Å². The summed E-state index contributed by atoms with van der Waals surface area (Å²) in [5.74, 6) is 2.90. The molecule has 2 aromatic heterocycles. The lowest BCUT2D eigenvalue weighted by molar-refractivity contribution is 0.415. The van der Waals surface area contributed by atoms with Gasteiger partial charge in [-0.25, -0.2) is 15.0 Å². The molecule has 0 atom stereocenters. The Bertz CT molecular complexity index is 907. The van der Waals surface area contributed by atoms with Crippen LogP contribution in [0, 0.1) is 6.92 Å². The number of H-pyrrole nitrogens is 1. The number of benzene rings is 1. The molecule has 0 bridgehead atoms. The molecule has 0 saturated heterocycles. The minimum Gasteiger partial charge on any atom is -0.497 e. The number of guanidine groups is 1. The second-order valence-electron chi connectivity index (χ2n) is 6.06. The highest BCUT2D eigenvalue weighted by molar-refractivity contribution is 14.0. The monoisotopic (exact) mass is 527 g/mol. The Morgan fingerprint density at radius 2 is 2.00 bits per heavy atom. The fraction of sp³-hybridized carbons (Fsp3) is 0.368. The van der Waals surface area contributed by atoms with Crippen molar-refractivity contribution < 1.29 is 4.74 Å². The van der Waals surface area contributed by atoms with Gasteiger partial charge in [0.2, 0.25) is 0 Å². The first-order valence-corrected chi connectivity index (χ1v) is 10.0. The molecule has 0 spiro atoms. The number of thiazole rings is 1. The van der Waals surface area contributed by atoms with Crippen molar-refractivity contribution in [1.82, 2.24) is 30.8 Å². The Morgan fingerprint density at radius 1 is 1.21 bits per heavy atom. The Hall–Kier alpha value is -2.21. The van der Waals surface area contributed by atoms with Crippen molar-refractivity contribution in [2.24, 2.45) is 4.99 Å².